The molecule has 0 bridgehead atoms. The van der Waals surface area contributed by atoms with Gasteiger partial charge in [-0.3, -0.25) is 14.5 Å². The Morgan fingerprint density at radius 3 is 2.50 bits per heavy atom. The first-order chi connectivity index (χ1) is 15.5. The number of carbonyl (C=O) groups excluding carboxylic acids is 1. The molecule has 0 radical (unpaired) electrons. The molecule has 1 amide bonds. The van der Waals surface area contributed by atoms with Crippen molar-refractivity contribution in [2.24, 2.45) is 0 Å². The Kier molecular flexibility index (Phi) is 6.45. The Hall–Kier alpha value is -3.33. The Labute approximate surface area is 191 Å². The highest BCUT2D eigenvalue weighted by atomic mass is 32.1. The van der Waals surface area contributed by atoms with Crippen molar-refractivity contribution in [3.63, 3.8) is 0 Å². The number of nitrogens with zero attached hydrogens (tertiary/aromatic N) is 3. The summed E-state index contributed by atoms with van der Waals surface area (Å²) in [6, 6.07) is 13.2. The van der Waals surface area contributed by atoms with Crippen LogP contribution in [0.5, 0.6) is 17.2 Å². The van der Waals surface area contributed by atoms with Gasteiger partial charge in [0.05, 0.1) is 27.4 Å². The van der Waals surface area contributed by atoms with Crippen molar-refractivity contribution in [2.45, 2.75) is 25.4 Å². The van der Waals surface area contributed by atoms with Crippen molar-refractivity contribution in [1.29, 1.82) is 0 Å². The lowest BCUT2D eigenvalue weighted by molar-refractivity contribution is -0.132. The SMILES string of the molecule is COc1ccc(-c2n[nH]c(=S)n2CC(=O)N2CCCC2c2ccc(OC)cc2OC)cc1. The lowest BCUT2D eigenvalue weighted by atomic mass is 10.0. The van der Waals surface area contributed by atoms with Gasteiger partial charge < -0.3 is 19.1 Å². The van der Waals surface area contributed by atoms with Crippen LogP contribution in [0.3, 0.4) is 0 Å². The van der Waals surface area contributed by atoms with Gasteiger partial charge in [0.25, 0.3) is 0 Å². The molecule has 8 nitrogen and oxygen atoms in total. The van der Waals surface area contributed by atoms with Crippen molar-refractivity contribution in [3.8, 4) is 28.6 Å². The van der Waals surface area contributed by atoms with Gasteiger partial charge in [-0.25, -0.2) is 0 Å². The van der Waals surface area contributed by atoms with Crippen LogP contribution in [0.2, 0.25) is 0 Å². The number of hydrogen-bond acceptors (Lipinski definition) is 6. The molecule has 2 heterocycles. The van der Waals surface area contributed by atoms with Gasteiger partial charge in [-0.05, 0) is 61.5 Å². The second-order valence-electron chi connectivity index (χ2n) is 7.52. The Morgan fingerprint density at radius 2 is 1.81 bits per heavy atom. The van der Waals surface area contributed by atoms with Gasteiger partial charge in [0.1, 0.15) is 23.8 Å². The van der Waals surface area contributed by atoms with Gasteiger partial charge in [0.2, 0.25) is 5.91 Å². The van der Waals surface area contributed by atoms with E-state index in [1.807, 2.05) is 47.4 Å². The minimum Gasteiger partial charge on any atom is -0.497 e. The van der Waals surface area contributed by atoms with Gasteiger partial charge in [0.15, 0.2) is 10.6 Å². The number of likely N-dealkylation sites (tertiary alicyclic amines) is 1. The van der Waals surface area contributed by atoms with Crippen LogP contribution in [-0.4, -0.2) is 53.4 Å². The summed E-state index contributed by atoms with van der Waals surface area (Å²) in [5.41, 5.74) is 1.83. The molecule has 1 unspecified atom stereocenters. The predicted octanol–water partition coefficient (Wildman–Crippen LogP) is 4.00. The Bertz CT molecular complexity index is 1160. The molecule has 168 valence electrons. The molecular weight excluding hydrogens is 428 g/mol. The highest BCUT2D eigenvalue weighted by Crippen LogP contribution is 2.39. The first-order valence-corrected chi connectivity index (χ1v) is 10.8. The minimum absolute atomic E-state index is 0.0161. The highest BCUT2D eigenvalue weighted by molar-refractivity contribution is 7.71. The number of hydrogen-bond donors (Lipinski definition) is 1. The number of aromatic amines is 1. The summed E-state index contributed by atoms with van der Waals surface area (Å²) in [7, 11) is 4.87. The minimum atomic E-state index is -0.0612. The van der Waals surface area contributed by atoms with Crippen LogP contribution < -0.4 is 14.2 Å². The van der Waals surface area contributed by atoms with E-state index in [9.17, 15) is 4.79 Å². The molecule has 4 rings (SSSR count). The average molecular weight is 455 g/mol. The standard InChI is InChI=1S/C23H26N4O4S/c1-29-16-8-6-15(7-9-16)22-24-25-23(32)27(22)14-21(28)26-12-4-5-19(26)18-11-10-17(30-2)13-20(18)31-3/h6-11,13,19H,4-5,12,14H2,1-3H3,(H,25,32). The first kappa shape index (κ1) is 21.9. The van der Waals surface area contributed by atoms with E-state index in [0.717, 1.165) is 35.5 Å². The lowest BCUT2D eigenvalue weighted by Gasteiger charge is -2.27. The van der Waals surface area contributed by atoms with Gasteiger partial charge in [-0.2, -0.15) is 5.10 Å². The predicted molar refractivity (Wildman–Crippen MR) is 123 cm³/mol. The number of ether oxygens (including phenoxy) is 3. The summed E-state index contributed by atoms with van der Waals surface area (Å²) in [4.78, 5) is 15.3. The van der Waals surface area contributed by atoms with E-state index in [-0.39, 0.29) is 18.5 Å². The van der Waals surface area contributed by atoms with E-state index >= 15 is 0 Å². The molecule has 1 atom stereocenters. The maximum absolute atomic E-state index is 13.4. The van der Waals surface area contributed by atoms with Crippen LogP contribution in [0.4, 0.5) is 0 Å². The molecule has 1 aliphatic heterocycles. The van der Waals surface area contributed by atoms with E-state index in [0.29, 0.717) is 22.9 Å². The van der Waals surface area contributed by atoms with E-state index in [1.165, 1.54) is 0 Å². The van der Waals surface area contributed by atoms with Crippen LogP contribution in [0.25, 0.3) is 11.4 Å². The van der Waals surface area contributed by atoms with Gasteiger partial charge in [0, 0.05) is 23.7 Å². The maximum Gasteiger partial charge on any atom is 0.243 e. The van der Waals surface area contributed by atoms with Crippen molar-refractivity contribution >= 4 is 18.1 Å². The largest absolute Gasteiger partial charge is 0.497 e. The fourth-order valence-corrected chi connectivity index (χ4v) is 4.33. The van der Waals surface area contributed by atoms with Crippen molar-refractivity contribution in [3.05, 3.63) is 52.8 Å². The number of benzene rings is 2. The summed E-state index contributed by atoms with van der Waals surface area (Å²) in [5, 5.41) is 7.16. The molecular formula is C23H26N4O4S. The molecule has 1 aliphatic rings. The third kappa shape index (κ3) is 4.20. The van der Waals surface area contributed by atoms with E-state index < -0.39 is 0 Å². The van der Waals surface area contributed by atoms with Crippen LogP contribution in [0.15, 0.2) is 42.5 Å². The van der Waals surface area contributed by atoms with Crippen molar-refractivity contribution < 1.29 is 19.0 Å². The number of aromatic nitrogens is 3. The molecule has 1 saturated heterocycles. The first-order valence-electron chi connectivity index (χ1n) is 10.4. The normalized spacial score (nSPS) is 15.6. The number of carbonyl (C=O) groups is 1. The maximum atomic E-state index is 13.4. The number of H-pyrrole nitrogens is 1. The van der Waals surface area contributed by atoms with Gasteiger partial charge >= 0.3 is 0 Å². The average Bonchev–Trinajstić information content (AvgIpc) is 3.46. The molecule has 0 spiro atoms. The van der Waals surface area contributed by atoms with Gasteiger partial charge in [-0.15, -0.1) is 0 Å². The zero-order valence-corrected chi connectivity index (χ0v) is 19.1. The number of methoxy groups -OCH3 is 3. The molecule has 1 fully saturated rings. The molecule has 3 aromatic rings. The monoisotopic (exact) mass is 454 g/mol. The van der Waals surface area contributed by atoms with Gasteiger partial charge in [-0.1, -0.05) is 0 Å². The quantitative estimate of drug-likeness (QED) is 0.544. The third-order valence-corrected chi connectivity index (χ3v) is 6.08. The summed E-state index contributed by atoms with van der Waals surface area (Å²) < 4.78 is 18.3. The van der Waals surface area contributed by atoms with E-state index in [1.54, 1.807) is 25.9 Å². The number of amides is 1. The molecule has 0 aliphatic carbocycles. The second-order valence-corrected chi connectivity index (χ2v) is 7.91. The topological polar surface area (TPSA) is 81.6 Å². The smallest absolute Gasteiger partial charge is 0.243 e. The zero-order valence-electron chi connectivity index (χ0n) is 18.3. The fraction of sp³-hybridized carbons (Fsp3) is 0.348. The Balaban J connectivity index is 1.59. The van der Waals surface area contributed by atoms with Crippen LogP contribution in [0.1, 0.15) is 24.4 Å². The zero-order chi connectivity index (χ0) is 22.7. The number of nitrogens with one attached hydrogen (secondary N) is 1. The van der Waals surface area contributed by atoms with Crippen LogP contribution in [0, 0.1) is 4.77 Å². The van der Waals surface area contributed by atoms with Crippen molar-refractivity contribution in [2.75, 3.05) is 27.9 Å². The summed E-state index contributed by atoms with van der Waals surface area (Å²) >= 11 is 5.42. The molecule has 32 heavy (non-hydrogen) atoms. The fourth-order valence-electron chi connectivity index (χ4n) is 4.13. The van der Waals surface area contributed by atoms with E-state index in [2.05, 4.69) is 10.2 Å². The van der Waals surface area contributed by atoms with Crippen molar-refractivity contribution in [1.82, 2.24) is 19.7 Å². The number of rotatable bonds is 7. The summed E-state index contributed by atoms with van der Waals surface area (Å²) in [6.07, 6.45) is 1.80. The molecule has 1 aromatic heterocycles. The lowest BCUT2D eigenvalue weighted by Crippen LogP contribution is -2.33. The third-order valence-electron chi connectivity index (χ3n) is 5.77. The van der Waals surface area contributed by atoms with E-state index in [4.69, 9.17) is 26.4 Å². The molecule has 9 heteroatoms. The van der Waals surface area contributed by atoms with Crippen LogP contribution >= 0.6 is 12.2 Å². The summed E-state index contributed by atoms with van der Waals surface area (Å²) in [5.74, 6) is 2.78. The Morgan fingerprint density at radius 1 is 1.09 bits per heavy atom. The molecule has 0 saturated carbocycles. The second kappa shape index (κ2) is 9.44. The molecule has 1 N–H and O–H groups in total. The molecule has 2 aromatic carbocycles. The summed E-state index contributed by atoms with van der Waals surface area (Å²) in [6.45, 7) is 0.785. The highest BCUT2D eigenvalue weighted by Gasteiger charge is 2.32. The van der Waals surface area contributed by atoms with Crippen LogP contribution in [-0.2, 0) is 11.3 Å².